The third kappa shape index (κ3) is 6.22. The summed E-state index contributed by atoms with van der Waals surface area (Å²) in [5.74, 6) is 0.409. The lowest BCUT2D eigenvalue weighted by atomic mass is 9.87. The summed E-state index contributed by atoms with van der Waals surface area (Å²) >= 11 is 0. The molecule has 32 heavy (non-hydrogen) atoms. The molecule has 3 rings (SSSR count). The van der Waals surface area contributed by atoms with Gasteiger partial charge in [-0.3, -0.25) is 14.4 Å². The minimum absolute atomic E-state index is 0.0419. The summed E-state index contributed by atoms with van der Waals surface area (Å²) in [7, 11) is 3.12. The quantitative estimate of drug-likeness (QED) is 0.567. The number of rotatable bonds is 9. The molecule has 0 unspecified atom stereocenters. The van der Waals surface area contributed by atoms with Gasteiger partial charge in [0, 0.05) is 38.2 Å². The van der Waals surface area contributed by atoms with Crippen LogP contribution in [0.25, 0.3) is 0 Å². The molecular weight excluding hydrogens is 410 g/mol. The van der Waals surface area contributed by atoms with Gasteiger partial charge in [-0.15, -0.1) is 0 Å². The van der Waals surface area contributed by atoms with Gasteiger partial charge in [0.1, 0.15) is 11.8 Å². The molecule has 1 aromatic rings. The molecule has 1 aliphatic heterocycles. The number of hydrogen-bond donors (Lipinski definition) is 2. The highest BCUT2D eigenvalue weighted by atomic mass is 16.5. The summed E-state index contributed by atoms with van der Waals surface area (Å²) < 4.78 is 10.2. The van der Waals surface area contributed by atoms with Crippen LogP contribution in [0.5, 0.6) is 5.75 Å². The Kier molecular flexibility index (Phi) is 8.90. The van der Waals surface area contributed by atoms with Crippen LogP contribution in [0.2, 0.25) is 0 Å². The molecule has 1 saturated heterocycles. The second-order valence-corrected chi connectivity index (χ2v) is 8.61. The zero-order valence-electron chi connectivity index (χ0n) is 19.1. The number of nitrogens with one attached hydrogen (secondary N) is 2. The van der Waals surface area contributed by atoms with Crippen molar-refractivity contribution in [3.63, 3.8) is 0 Å². The Hall–Kier alpha value is -2.61. The predicted octanol–water partition coefficient (Wildman–Crippen LogP) is 1.99. The van der Waals surface area contributed by atoms with Gasteiger partial charge >= 0.3 is 0 Å². The molecule has 8 heteroatoms. The van der Waals surface area contributed by atoms with E-state index in [9.17, 15) is 14.4 Å². The van der Waals surface area contributed by atoms with Gasteiger partial charge in [-0.2, -0.15) is 0 Å². The first kappa shape index (κ1) is 24.0. The maximum absolute atomic E-state index is 12.9. The van der Waals surface area contributed by atoms with Crippen molar-refractivity contribution < 1.29 is 23.9 Å². The number of amides is 3. The Morgan fingerprint density at radius 2 is 1.81 bits per heavy atom. The fraction of sp³-hybridized carbons (Fsp3) is 0.625. The van der Waals surface area contributed by atoms with Crippen LogP contribution in [-0.2, 0) is 14.3 Å². The Morgan fingerprint density at radius 1 is 1.09 bits per heavy atom. The highest BCUT2D eigenvalue weighted by Crippen LogP contribution is 2.29. The Balaban J connectivity index is 1.65. The molecule has 0 radical (unpaired) electrons. The van der Waals surface area contributed by atoms with Crippen molar-refractivity contribution in [2.24, 2.45) is 11.8 Å². The number of piperidine rings is 1. The van der Waals surface area contributed by atoms with E-state index in [-0.39, 0.29) is 29.6 Å². The smallest absolute Gasteiger partial charge is 0.252 e. The van der Waals surface area contributed by atoms with E-state index in [1.54, 1.807) is 38.5 Å². The summed E-state index contributed by atoms with van der Waals surface area (Å²) in [6.45, 7) is 2.02. The second-order valence-electron chi connectivity index (χ2n) is 8.61. The van der Waals surface area contributed by atoms with Crippen LogP contribution in [0.3, 0.4) is 0 Å². The average molecular weight is 446 g/mol. The van der Waals surface area contributed by atoms with Crippen molar-refractivity contribution in [3.8, 4) is 5.75 Å². The fourth-order valence-corrected chi connectivity index (χ4v) is 4.66. The molecule has 1 aromatic carbocycles. The minimum Gasteiger partial charge on any atom is -0.497 e. The standard InChI is InChI=1S/C24H35N3O5/c1-31-15-12-25-23(29)21(26-22(28)19-8-5-9-20(16-19)32-2)17-10-13-27(14-11-17)24(30)18-6-3-4-7-18/h5,8-9,16-18,21H,3-4,6-7,10-15H2,1-2H3,(H,25,29)(H,26,28)/t21-/m0/s1. The molecule has 0 spiro atoms. The largest absolute Gasteiger partial charge is 0.497 e. The Bertz CT molecular complexity index is 786. The zero-order chi connectivity index (χ0) is 22.9. The van der Waals surface area contributed by atoms with Crippen LogP contribution in [0.1, 0.15) is 48.9 Å². The minimum atomic E-state index is -0.672. The zero-order valence-corrected chi connectivity index (χ0v) is 19.1. The summed E-state index contributed by atoms with van der Waals surface area (Å²) in [5, 5.41) is 5.78. The first-order chi connectivity index (χ1) is 15.5. The van der Waals surface area contributed by atoms with Crippen molar-refractivity contribution >= 4 is 17.7 Å². The number of methoxy groups -OCH3 is 2. The molecule has 1 heterocycles. The van der Waals surface area contributed by atoms with Crippen molar-refractivity contribution in [1.29, 1.82) is 0 Å². The average Bonchev–Trinajstić information content (AvgIpc) is 3.37. The van der Waals surface area contributed by atoms with Crippen LogP contribution in [0.15, 0.2) is 24.3 Å². The van der Waals surface area contributed by atoms with Gasteiger partial charge in [0.2, 0.25) is 11.8 Å². The van der Waals surface area contributed by atoms with E-state index in [1.165, 1.54) is 0 Å². The number of ether oxygens (including phenoxy) is 2. The van der Waals surface area contributed by atoms with Gasteiger partial charge in [-0.25, -0.2) is 0 Å². The summed E-state index contributed by atoms with van der Waals surface area (Å²) in [4.78, 5) is 40.6. The Labute approximate surface area is 190 Å². The van der Waals surface area contributed by atoms with Gasteiger partial charge < -0.3 is 25.0 Å². The molecule has 1 atom stereocenters. The number of nitrogens with zero attached hydrogens (tertiary/aromatic N) is 1. The van der Waals surface area contributed by atoms with Crippen LogP contribution < -0.4 is 15.4 Å². The Morgan fingerprint density at radius 3 is 2.47 bits per heavy atom. The first-order valence-corrected chi connectivity index (χ1v) is 11.5. The number of hydrogen-bond acceptors (Lipinski definition) is 5. The second kappa shape index (κ2) is 11.9. The fourth-order valence-electron chi connectivity index (χ4n) is 4.66. The third-order valence-corrected chi connectivity index (χ3v) is 6.53. The van der Waals surface area contributed by atoms with Gasteiger partial charge in [0.25, 0.3) is 5.91 Å². The molecule has 1 saturated carbocycles. The lowest BCUT2D eigenvalue weighted by Crippen LogP contribution is -2.54. The monoisotopic (exact) mass is 445 g/mol. The molecule has 0 aromatic heterocycles. The molecule has 176 valence electrons. The third-order valence-electron chi connectivity index (χ3n) is 6.53. The first-order valence-electron chi connectivity index (χ1n) is 11.5. The van der Waals surface area contributed by atoms with E-state index in [0.29, 0.717) is 50.4 Å². The number of carbonyl (C=O) groups is 3. The number of benzene rings is 1. The van der Waals surface area contributed by atoms with Gasteiger partial charge in [0.05, 0.1) is 13.7 Å². The molecule has 0 bridgehead atoms. The van der Waals surface area contributed by atoms with Gasteiger partial charge in [0.15, 0.2) is 0 Å². The molecule has 1 aliphatic carbocycles. The molecular formula is C24H35N3O5. The van der Waals surface area contributed by atoms with Crippen LogP contribution in [-0.4, -0.2) is 69.1 Å². The van der Waals surface area contributed by atoms with E-state index in [1.807, 2.05) is 4.90 Å². The molecule has 3 amide bonds. The number of carbonyl (C=O) groups excluding carboxylic acids is 3. The lowest BCUT2D eigenvalue weighted by molar-refractivity contribution is -0.137. The van der Waals surface area contributed by atoms with Gasteiger partial charge in [-0.05, 0) is 49.8 Å². The maximum Gasteiger partial charge on any atom is 0.252 e. The molecule has 8 nitrogen and oxygen atoms in total. The van der Waals surface area contributed by atoms with E-state index in [2.05, 4.69) is 10.6 Å². The van der Waals surface area contributed by atoms with E-state index in [4.69, 9.17) is 9.47 Å². The van der Waals surface area contributed by atoms with Crippen LogP contribution in [0, 0.1) is 11.8 Å². The van der Waals surface area contributed by atoms with Crippen molar-refractivity contribution in [1.82, 2.24) is 15.5 Å². The van der Waals surface area contributed by atoms with E-state index < -0.39 is 6.04 Å². The normalized spacial score (nSPS) is 18.2. The predicted molar refractivity (Wildman–Crippen MR) is 120 cm³/mol. The molecule has 2 aliphatic rings. The lowest BCUT2D eigenvalue weighted by Gasteiger charge is -2.36. The van der Waals surface area contributed by atoms with Crippen molar-refractivity contribution in [2.75, 3.05) is 40.5 Å². The highest BCUT2D eigenvalue weighted by molar-refractivity contribution is 5.98. The highest BCUT2D eigenvalue weighted by Gasteiger charge is 2.35. The topological polar surface area (TPSA) is 97.0 Å². The van der Waals surface area contributed by atoms with E-state index in [0.717, 1.165) is 25.7 Å². The summed E-state index contributed by atoms with van der Waals surface area (Å²) in [5.41, 5.74) is 0.438. The maximum atomic E-state index is 12.9. The van der Waals surface area contributed by atoms with Crippen LogP contribution >= 0.6 is 0 Å². The molecule has 2 N–H and O–H groups in total. The van der Waals surface area contributed by atoms with Crippen LogP contribution in [0.4, 0.5) is 0 Å². The molecule has 2 fully saturated rings. The van der Waals surface area contributed by atoms with E-state index >= 15 is 0 Å². The van der Waals surface area contributed by atoms with Gasteiger partial charge in [-0.1, -0.05) is 18.9 Å². The summed E-state index contributed by atoms with van der Waals surface area (Å²) in [6, 6.07) is 6.19. The SMILES string of the molecule is COCCNC(=O)[C@@H](NC(=O)c1cccc(OC)c1)C1CCN(C(=O)C2CCCC2)CC1. The number of likely N-dealkylation sites (tertiary alicyclic amines) is 1. The summed E-state index contributed by atoms with van der Waals surface area (Å²) in [6.07, 6.45) is 5.60. The van der Waals surface area contributed by atoms with Crippen molar-refractivity contribution in [2.45, 2.75) is 44.6 Å². The van der Waals surface area contributed by atoms with Crippen molar-refractivity contribution in [3.05, 3.63) is 29.8 Å².